The Labute approximate surface area is 103 Å². The van der Waals surface area contributed by atoms with E-state index in [1.165, 1.54) is 0 Å². The second-order valence-electron chi connectivity index (χ2n) is 5.24. The average Bonchev–Trinajstić information content (AvgIpc) is 2.33. The first-order chi connectivity index (χ1) is 8.08. The van der Waals surface area contributed by atoms with Crippen LogP contribution in [0.25, 0.3) is 0 Å². The molecule has 1 N–H and O–H groups in total. The monoisotopic (exact) mass is 235 g/mol. The molecule has 1 aromatic heterocycles. The van der Waals surface area contributed by atoms with Crippen LogP contribution in [0, 0.1) is 5.92 Å². The van der Waals surface area contributed by atoms with E-state index in [4.69, 9.17) is 0 Å². The van der Waals surface area contributed by atoms with Crippen LogP contribution in [-0.4, -0.2) is 34.3 Å². The molecule has 0 amide bonds. The van der Waals surface area contributed by atoms with E-state index in [2.05, 4.69) is 35.6 Å². The van der Waals surface area contributed by atoms with Crippen LogP contribution >= 0.6 is 0 Å². The largest absolute Gasteiger partial charge is 0.391 e. The lowest BCUT2D eigenvalue weighted by Crippen LogP contribution is -2.43. The van der Waals surface area contributed by atoms with E-state index in [1.54, 1.807) is 6.33 Å². The van der Waals surface area contributed by atoms with E-state index < -0.39 is 0 Å². The van der Waals surface area contributed by atoms with Crippen molar-refractivity contribution in [2.75, 3.05) is 18.0 Å². The quantitative estimate of drug-likeness (QED) is 0.849. The standard InChI is InChI=1S/C13H21N3O/c1-9(2)11-6-13(15-8-14-11)16-5-4-10(3)12(17)7-16/h6,8-10,12,17H,4-5,7H2,1-3H3. The van der Waals surface area contributed by atoms with E-state index >= 15 is 0 Å². The minimum absolute atomic E-state index is 0.249. The Morgan fingerprint density at radius 3 is 2.82 bits per heavy atom. The van der Waals surface area contributed by atoms with Crippen LogP contribution in [0.2, 0.25) is 0 Å². The molecule has 0 aliphatic carbocycles. The number of aromatic nitrogens is 2. The summed E-state index contributed by atoms with van der Waals surface area (Å²) < 4.78 is 0. The number of rotatable bonds is 2. The van der Waals surface area contributed by atoms with Crippen molar-refractivity contribution in [3.63, 3.8) is 0 Å². The molecule has 2 heterocycles. The molecule has 0 bridgehead atoms. The van der Waals surface area contributed by atoms with Crippen molar-refractivity contribution in [3.05, 3.63) is 18.1 Å². The fourth-order valence-electron chi connectivity index (χ4n) is 2.11. The Bertz CT molecular complexity index is 381. The molecule has 0 saturated carbocycles. The fraction of sp³-hybridized carbons (Fsp3) is 0.692. The number of anilines is 1. The van der Waals surface area contributed by atoms with Gasteiger partial charge in [-0.05, 0) is 18.3 Å². The van der Waals surface area contributed by atoms with E-state index in [-0.39, 0.29) is 6.10 Å². The van der Waals surface area contributed by atoms with Crippen LogP contribution < -0.4 is 4.90 Å². The molecule has 1 fully saturated rings. The van der Waals surface area contributed by atoms with Gasteiger partial charge >= 0.3 is 0 Å². The van der Waals surface area contributed by atoms with Crippen LogP contribution in [-0.2, 0) is 0 Å². The van der Waals surface area contributed by atoms with Gasteiger partial charge < -0.3 is 10.0 Å². The van der Waals surface area contributed by atoms with E-state index in [9.17, 15) is 5.11 Å². The lowest BCUT2D eigenvalue weighted by molar-refractivity contribution is 0.102. The van der Waals surface area contributed by atoms with Crippen molar-refractivity contribution >= 4 is 5.82 Å². The van der Waals surface area contributed by atoms with Gasteiger partial charge in [0, 0.05) is 24.8 Å². The maximum atomic E-state index is 9.90. The Morgan fingerprint density at radius 2 is 2.18 bits per heavy atom. The lowest BCUT2D eigenvalue weighted by Gasteiger charge is -2.35. The second kappa shape index (κ2) is 5.00. The molecule has 94 valence electrons. The Kier molecular flexibility index (Phi) is 3.62. The van der Waals surface area contributed by atoms with E-state index in [1.807, 2.05) is 6.07 Å². The second-order valence-corrected chi connectivity index (χ2v) is 5.24. The summed E-state index contributed by atoms with van der Waals surface area (Å²) >= 11 is 0. The number of hydrogen-bond acceptors (Lipinski definition) is 4. The molecule has 2 unspecified atom stereocenters. The number of piperidine rings is 1. The summed E-state index contributed by atoms with van der Waals surface area (Å²) in [6.45, 7) is 7.99. The fourth-order valence-corrected chi connectivity index (χ4v) is 2.11. The number of aliphatic hydroxyl groups excluding tert-OH is 1. The summed E-state index contributed by atoms with van der Waals surface area (Å²) in [6, 6.07) is 2.04. The summed E-state index contributed by atoms with van der Waals surface area (Å²) in [6.07, 6.45) is 2.39. The summed E-state index contributed by atoms with van der Waals surface area (Å²) in [5, 5.41) is 9.90. The number of hydrogen-bond donors (Lipinski definition) is 1. The summed E-state index contributed by atoms with van der Waals surface area (Å²) in [7, 11) is 0. The van der Waals surface area contributed by atoms with Crippen molar-refractivity contribution in [2.45, 2.75) is 39.2 Å². The molecule has 4 heteroatoms. The van der Waals surface area contributed by atoms with Crippen LogP contribution in [0.3, 0.4) is 0 Å². The summed E-state index contributed by atoms with van der Waals surface area (Å²) in [4.78, 5) is 10.7. The Morgan fingerprint density at radius 1 is 1.41 bits per heavy atom. The first-order valence-electron chi connectivity index (χ1n) is 6.33. The molecule has 0 spiro atoms. The SMILES string of the molecule is CC(C)c1cc(N2CCC(C)C(O)C2)ncn1. The summed E-state index contributed by atoms with van der Waals surface area (Å²) in [5.74, 6) is 1.73. The van der Waals surface area contributed by atoms with Gasteiger partial charge in [-0.25, -0.2) is 9.97 Å². The zero-order valence-electron chi connectivity index (χ0n) is 10.8. The van der Waals surface area contributed by atoms with Crippen molar-refractivity contribution in [1.82, 2.24) is 9.97 Å². The first kappa shape index (κ1) is 12.3. The Balaban J connectivity index is 2.14. The molecule has 0 radical (unpaired) electrons. The normalized spacial score (nSPS) is 25.4. The highest BCUT2D eigenvalue weighted by Crippen LogP contribution is 2.23. The van der Waals surface area contributed by atoms with Crippen molar-refractivity contribution in [3.8, 4) is 0 Å². The van der Waals surface area contributed by atoms with Gasteiger partial charge in [-0.1, -0.05) is 20.8 Å². The molecule has 17 heavy (non-hydrogen) atoms. The zero-order valence-corrected chi connectivity index (χ0v) is 10.8. The van der Waals surface area contributed by atoms with Gasteiger partial charge in [0.15, 0.2) is 0 Å². The van der Waals surface area contributed by atoms with Crippen molar-refractivity contribution in [2.24, 2.45) is 5.92 Å². The van der Waals surface area contributed by atoms with Gasteiger partial charge in [0.25, 0.3) is 0 Å². The minimum Gasteiger partial charge on any atom is -0.391 e. The van der Waals surface area contributed by atoms with Crippen molar-refractivity contribution < 1.29 is 5.11 Å². The van der Waals surface area contributed by atoms with Gasteiger partial charge in [0.05, 0.1) is 6.10 Å². The van der Waals surface area contributed by atoms with Gasteiger partial charge in [0.2, 0.25) is 0 Å². The molecule has 1 saturated heterocycles. The molecule has 1 aromatic rings. The molecule has 2 atom stereocenters. The molecule has 0 aromatic carbocycles. The molecular weight excluding hydrogens is 214 g/mol. The van der Waals surface area contributed by atoms with Gasteiger partial charge in [-0.15, -0.1) is 0 Å². The third kappa shape index (κ3) is 2.75. The maximum absolute atomic E-state index is 9.90. The first-order valence-corrected chi connectivity index (χ1v) is 6.33. The number of aliphatic hydroxyl groups is 1. The highest BCUT2D eigenvalue weighted by Gasteiger charge is 2.25. The zero-order chi connectivity index (χ0) is 12.4. The third-order valence-corrected chi connectivity index (χ3v) is 3.51. The van der Waals surface area contributed by atoms with Gasteiger partial charge in [-0.3, -0.25) is 0 Å². The van der Waals surface area contributed by atoms with E-state index in [0.717, 1.165) is 24.5 Å². The third-order valence-electron chi connectivity index (χ3n) is 3.51. The van der Waals surface area contributed by atoms with Crippen LogP contribution in [0.15, 0.2) is 12.4 Å². The van der Waals surface area contributed by atoms with Crippen LogP contribution in [0.5, 0.6) is 0 Å². The average molecular weight is 235 g/mol. The topological polar surface area (TPSA) is 49.2 Å². The summed E-state index contributed by atoms with van der Waals surface area (Å²) in [5.41, 5.74) is 1.06. The van der Waals surface area contributed by atoms with Gasteiger partial charge in [0.1, 0.15) is 12.1 Å². The molecule has 1 aliphatic heterocycles. The van der Waals surface area contributed by atoms with E-state index in [0.29, 0.717) is 18.4 Å². The minimum atomic E-state index is -0.249. The number of nitrogens with zero attached hydrogens (tertiary/aromatic N) is 3. The van der Waals surface area contributed by atoms with Crippen molar-refractivity contribution in [1.29, 1.82) is 0 Å². The molecular formula is C13H21N3O. The maximum Gasteiger partial charge on any atom is 0.132 e. The highest BCUT2D eigenvalue weighted by atomic mass is 16.3. The predicted molar refractivity (Wildman–Crippen MR) is 68.1 cm³/mol. The highest BCUT2D eigenvalue weighted by molar-refractivity contribution is 5.40. The lowest BCUT2D eigenvalue weighted by atomic mass is 9.96. The molecule has 2 rings (SSSR count). The molecule has 4 nitrogen and oxygen atoms in total. The van der Waals surface area contributed by atoms with Crippen LogP contribution in [0.4, 0.5) is 5.82 Å². The van der Waals surface area contributed by atoms with Crippen LogP contribution in [0.1, 0.15) is 38.8 Å². The molecule has 1 aliphatic rings. The number of β-amino-alcohol motifs (C(OH)–C–C–N with tert-alkyl or cyclic N) is 1. The Hall–Kier alpha value is -1.16. The predicted octanol–water partition coefficient (Wildman–Crippen LogP) is 1.81. The van der Waals surface area contributed by atoms with Gasteiger partial charge in [-0.2, -0.15) is 0 Å². The smallest absolute Gasteiger partial charge is 0.132 e.